The first-order valence-electron chi connectivity index (χ1n) is 7.03. The lowest BCUT2D eigenvalue weighted by Crippen LogP contribution is -2.41. The Morgan fingerprint density at radius 1 is 1.35 bits per heavy atom. The van der Waals surface area contributed by atoms with Crippen molar-refractivity contribution in [1.29, 1.82) is 0 Å². The van der Waals surface area contributed by atoms with Crippen LogP contribution in [-0.2, 0) is 16.0 Å². The number of rotatable bonds is 3. The minimum Gasteiger partial charge on any atom is -0.447 e. The SMILES string of the molecule is CC1(C)C[C@@H]1C(=O)N1C(=O)OC[C@H]1Cc1ccccc1. The summed E-state index contributed by atoms with van der Waals surface area (Å²) in [6.07, 6.45) is 1.03. The maximum absolute atomic E-state index is 12.5. The molecule has 1 saturated heterocycles. The van der Waals surface area contributed by atoms with E-state index in [0.717, 1.165) is 12.0 Å². The summed E-state index contributed by atoms with van der Waals surface area (Å²) in [4.78, 5) is 25.6. The standard InChI is InChI=1S/C16H19NO3/c1-16(2)9-13(16)14(18)17-12(10-20-15(17)19)8-11-6-4-3-5-7-11/h3-7,12-13H,8-10H2,1-2H3/t12-,13-/m1/s1. The first-order valence-corrected chi connectivity index (χ1v) is 7.03. The molecule has 106 valence electrons. The molecule has 1 saturated carbocycles. The molecule has 2 aliphatic rings. The summed E-state index contributed by atoms with van der Waals surface area (Å²) in [5.41, 5.74) is 1.14. The second kappa shape index (κ2) is 4.62. The zero-order valence-corrected chi connectivity index (χ0v) is 11.8. The van der Waals surface area contributed by atoms with Crippen LogP contribution in [0, 0.1) is 11.3 Å². The van der Waals surface area contributed by atoms with Crippen LogP contribution in [0.5, 0.6) is 0 Å². The molecular formula is C16H19NO3. The highest BCUT2D eigenvalue weighted by Gasteiger charge is 2.55. The lowest BCUT2D eigenvalue weighted by atomic mass is 10.0. The minimum atomic E-state index is -0.487. The highest BCUT2D eigenvalue weighted by Crippen LogP contribution is 2.52. The molecule has 1 aromatic carbocycles. The van der Waals surface area contributed by atoms with Gasteiger partial charge in [-0.05, 0) is 23.8 Å². The molecule has 1 aliphatic carbocycles. The van der Waals surface area contributed by atoms with E-state index < -0.39 is 6.09 Å². The van der Waals surface area contributed by atoms with Gasteiger partial charge in [0.25, 0.3) is 0 Å². The van der Waals surface area contributed by atoms with Gasteiger partial charge >= 0.3 is 6.09 Å². The molecule has 2 atom stereocenters. The van der Waals surface area contributed by atoms with E-state index in [0.29, 0.717) is 13.0 Å². The van der Waals surface area contributed by atoms with Crippen molar-refractivity contribution in [1.82, 2.24) is 4.90 Å². The fourth-order valence-electron chi connectivity index (χ4n) is 2.82. The monoisotopic (exact) mass is 273 g/mol. The quantitative estimate of drug-likeness (QED) is 0.850. The molecule has 2 fully saturated rings. The summed E-state index contributed by atoms with van der Waals surface area (Å²) in [6, 6.07) is 9.72. The van der Waals surface area contributed by atoms with Crippen molar-refractivity contribution in [3.8, 4) is 0 Å². The van der Waals surface area contributed by atoms with Gasteiger partial charge in [-0.1, -0.05) is 44.2 Å². The molecule has 3 rings (SSSR count). The van der Waals surface area contributed by atoms with Crippen molar-refractivity contribution in [2.75, 3.05) is 6.61 Å². The van der Waals surface area contributed by atoms with E-state index in [-0.39, 0.29) is 23.3 Å². The number of carbonyl (C=O) groups is 2. The first kappa shape index (κ1) is 13.2. The zero-order chi connectivity index (χ0) is 14.3. The highest BCUT2D eigenvalue weighted by molar-refractivity contribution is 5.96. The normalized spacial score (nSPS) is 27.3. The third-order valence-corrected chi connectivity index (χ3v) is 4.32. The van der Waals surface area contributed by atoms with E-state index in [1.54, 1.807) is 0 Å². The third-order valence-electron chi connectivity index (χ3n) is 4.32. The predicted molar refractivity (Wildman–Crippen MR) is 74.0 cm³/mol. The number of nitrogens with zero attached hydrogens (tertiary/aromatic N) is 1. The Balaban J connectivity index is 1.74. The van der Waals surface area contributed by atoms with Crippen LogP contribution >= 0.6 is 0 Å². The third kappa shape index (κ3) is 2.30. The molecule has 0 aromatic heterocycles. The van der Waals surface area contributed by atoms with E-state index in [1.807, 2.05) is 30.3 Å². The van der Waals surface area contributed by atoms with Gasteiger partial charge in [-0.25, -0.2) is 9.69 Å². The lowest BCUT2D eigenvalue weighted by Gasteiger charge is -2.20. The van der Waals surface area contributed by atoms with Crippen LogP contribution in [0.3, 0.4) is 0 Å². The summed E-state index contributed by atoms with van der Waals surface area (Å²) >= 11 is 0. The maximum atomic E-state index is 12.5. The number of amides is 2. The molecule has 4 nitrogen and oxygen atoms in total. The van der Waals surface area contributed by atoms with Gasteiger partial charge in [-0.2, -0.15) is 0 Å². The molecule has 1 aromatic rings. The van der Waals surface area contributed by atoms with Crippen LogP contribution in [0.1, 0.15) is 25.8 Å². The molecule has 0 radical (unpaired) electrons. The molecule has 2 amide bonds. The van der Waals surface area contributed by atoms with Crippen LogP contribution in [0.4, 0.5) is 4.79 Å². The number of ether oxygens (including phenoxy) is 1. The van der Waals surface area contributed by atoms with Gasteiger partial charge in [-0.3, -0.25) is 4.79 Å². The predicted octanol–water partition coefficient (Wildman–Crippen LogP) is 2.62. The molecule has 0 bridgehead atoms. The van der Waals surface area contributed by atoms with E-state index in [4.69, 9.17) is 4.74 Å². The van der Waals surface area contributed by atoms with Gasteiger partial charge in [0, 0.05) is 5.92 Å². The van der Waals surface area contributed by atoms with Crippen LogP contribution in [0.15, 0.2) is 30.3 Å². The Bertz CT molecular complexity index is 538. The Labute approximate surface area is 118 Å². The molecule has 4 heteroatoms. The second-order valence-corrected chi connectivity index (χ2v) is 6.37. The molecule has 1 heterocycles. The summed E-state index contributed by atoms with van der Waals surface area (Å²) in [5.74, 6) is -0.107. The molecule has 20 heavy (non-hydrogen) atoms. The second-order valence-electron chi connectivity index (χ2n) is 6.37. The van der Waals surface area contributed by atoms with Gasteiger partial charge in [-0.15, -0.1) is 0 Å². The van der Waals surface area contributed by atoms with Gasteiger partial charge in [0.2, 0.25) is 5.91 Å². The number of carbonyl (C=O) groups excluding carboxylic acids is 2. The number of cyclic esters (lactones) is 1. The van der Waals surface area contributed by atoms with E-state index in [2.05, 4.69) is 13.8 Å². The Morgan fingerprint density at radius 2 is 2.00 bits per heavy atom. The summed E-state index contributed by atoms with van der Waals surface area (Å²) in [5, 5.41) is 0. The number of hydrogen-bond donors (Lipinski definition) is 0. The van der Waals surface area contributed by atoms with Gasteiger partial charge in [0.05, 0.1) is 6.04 Å². The fraction of sp³-hybridized carbons (Fsp3) is 0.500. The van der Waals surface area contributed by atoms with Crippen molar-refractivity contribution in [3.63, 3.8) is 0 Å². The topological polar surface area (TPSA) is 46.6 Å². The first-order chi connectivity index (χ1) is 9.49. The van der Waals surface area contributed by atoms with Gasteiger partial charge in [0.15, 0.2) is 0 Å². The molecule has 0 unspecified atom stereocenters. The van der Waals surface area contributed by atoms with Crippen molar-refractivity contribution < 1.29 is 14.3 Å². The fourth-order valence-corrected chi connectivity index (χ4v) is 2.82. The summed E-state index contributed by atoms with van der Waals surface area (Å²) in [6.45, 7) is 4.42. The number of hydrogen-bond acceptors (Lipinski definition) is 3. The Hall–Kier alpha value is -1.84. The van der Waals surface area contributed by atoms with Crippen LogP contribution < -0.4 is 0 Å². The largest absolute Gasteiger partial charge is 0.447 e. The van der Waals surface area contributed by atoms with Crippen molar-refractivity contribution in [2.45, 2.75) is 32.7 Å². The molecule has 0 spiro atoms. The van der Waals surface area contributed by atoms with E-state index in [9.17, 15) is 9.59 Å². The molecule has 0 N–H and O–H groups in total. The lowest BCUT2D eigenvalue weighted by molar-refractivity contribution is -0.131. The summed E-state index contributed by atoms with van der Waals surface area (Å²) in [7, 11) is 0. The maximum Gasteiger partial charge on any atom is 0.416 e. The average molecular weight is 273 g/mol. The number of imide groups is 1. The minimum absolute atomic E-state index is 0.0250. The van der Waals surface area contributed by atoms with Gasteiger partial charge in [0.1, 0.15) is 6.61 Å². The van der Waals surface area contributed by atoms with Crippen molar-refractivity contribution >= 4 is 12.0 Å². The van der Waals surface area contributed by atoms with Gasteiger partial charge < -0.3 is 4.74 Å². The molecule has 1 aliphatic heterocycles. The highest BCUT2D eigenvalue weighted by atomic mass is 16.6. The van der Waals surface area contributed by atoms with Crippen molar-refractivity contribution in [3.05, 3.63) is 35.9 Å². The summed E-state index contributed by atoms with van der Waals surface area (Å²) < 4.78 is 5.08. The van der Waals surface area contributed by atoms with E-state index >= 15 is 0 Å². The Morgan fingerprint density at radius 3 is 2.60 bits per heavy atom. The van der Waals surface area contributed by atoms with Crippen molar-refractivity contribution in [2.24, 2.45) is 11.3 Å². The van der Waals surface area contributed by atoms with E-state index in [1.165, 1.54) is 4.90 Å². The Kier molecular flexibility index (Phi) is 3.04. The smallest absolute Gasteiger partial charge is 0.416 e. The van der Waals surface area contributed by atoms with Crippen LogP contribution in [0.25, 0.3) is 0 Å². The molecular weight excluding hydrogens is 254 g/mol. The van der Waals surface area contributed by atoms with Crippen LogP contribution in [0.2, 0.25) is 0 Å². The number of benzene rings is 1. The zero-order valence-electron chi connectivity index (χ0n) is 11.8. The van der Waals surface area contributed by atoms with Crippen LogP contribution in [-0.4, -0.2) is 29.5 Å². The average Bonchev–Trinajstić information content (AvgIpc) is 2.91.